The molecule has 3 aromatic rings. The van der Waals surface area contributed by atoms with Crippen LogP contribution in [0.1, 0.15) is 53.0 Å². The average molecular weight is 522 g/mol. The molecule has 7 nitrogen and oxygen atoms in total. The molecule has 2 aliphatic rings. The topological polar surface area (TPSA) is 72.3 Å². The molecule has 1 fully saturated rings. The average Bonchev–Trinajstić information content (AvgIpc) is 3.43. The van der Waals surface area contributed by atoms with Gasteiger partial charge in [0.15, 0.2) is 6.61 Å². The Morgan fingerprint density at radius 1 is 1.25 bits per heavy atom. The van der Waals surface area contributed by atoms with E-state index < -0.39 is 12.8 Å². The van der Waals surface area contributed by atoms with E-state index in [9.17, 15) is 18.0 Å². The normalized spacial score (nSPS) is 20.9. The first-order valence-electron chi connectivity index (χ1n) is 12.4. The highest BCUT2D eigenvalue weighted by molar-refractivity contribution is 7.13. The Kier molecular flexibility index (Phi) is 7.21. The summed E-state index contributed by atoms with van der Waals surface area (Å²) < 4.78 is 43.8. The van der Waals surface area contributed by atoms with Gasteiger partial charge in [-0.3, -0.25) is 14.4 Å². The van der Waals surface area contributed by atoms with E-state index in [0.717, 1.165) is 73.1 Å². The van der Waals surface area contributed by atoms with Gasteiger partial charge in [-0.15, -0.1) is 0 Å². The monoisotopic (exact) mass is 521 g/mol. The van der Waals surface area contributed by atoms with Crippen molar-refractivity contribution in [3.8, 4) is 5.19 Å². The number of nitrogens with zero attached hydrogens (tertiary/aromatic N) is 4. The first kappa shape index (κ1) is 25.0. The van der Waals surface area contributed by atoms with E-state index >= 15 is 0 Å². The molecule has 1 amide bonds. The number of carbonyl (C=O) groups excluding carboxylic acids is 1. The van der Waals surface area contributed by atoms with Crippen molar-refractivity contribution >= 4 is 28.1 Å². The summed E-state index contributed by atoms with van der Waals surface area (Å²) in [7, 11) is 1.85. The number of benzene rings is 1. The van der Waals surface area contributed by atoms with Crippen molar-refractivity contribution in [3.63, 3.8) is 0 Å². The Hall–Kier alpha value is -2.66. The van der Waals surface area contributed by atoms with Crippen LogP contribution in [0.5, 0.6) is 5.19 Å². The summed E-state index contributed by atoms with van der Waals surface area (Å²) in [4.78, 5) is 20.6. The molecule has 0 saturated heterocycles. The van der Waals surface area contributed by atoms with Crippen molar-refractivity contribution in [2.45, 2.75) is 57.3 Å². The number of carbonyl (C=O) groups is 1. The molecule has 0 bridgehead atoms. The SMILES string of the molecule is Cn1cc2c(C(=O)NC3CCC(CCN4CCc5sc(OCC(F)(F)F)nc5C4)CC3)cccc2n1. The van der Waals surface area contributed by atoms with E-state index in [-0.39, 0.29) is 17.1 Å². The molecule has 0 unspecified atom stereocenters. The highest BCUT2D eigenvalue weighted by Gasteiger charge is 2.30. The molecule has 1 aromatic carbocycles. The van der Waals surface area contributed by atoms with Crippen molar-refractivity contribution < 1.29 is 22.7 Å². The number of halogens is 3. The van der Waals surface area contributed by atoms with Crippen LogP contribution in [0.2, 0.25) is 0 Å². The molecule has 36 heavy (non-hydrogen) atoms. The van der Waals surface area contributed by atoms with Crippen LogP contribution >= 0.6 is 11.3 Å². The van der Waals surface area contributed by atoms with Gasteiger partial charge in [-0.05, 0) is 63.1 Å². The number of aryl methyl sites for hydroxylation is 1. The molecule has 1 aliphatic heterocycles. The van der Waals surface area contributed by atoms with Crippen LogP contribution in [0.15, 0.2) is 24.4 Å². The predicted molar refractivity (Wildman–Crippen MR) is 131 cm³/mol. The third kappa shape index (κ3) is 6.00. The number of amides is 1. The third-order valence-electron chi connectivity index (χ3n) is 7.09. The van der Waals surface area contributed by atoms with Crippen LogP contribution in [-0.2, 0) is 20.0 Å². The van der Waals surface area contributed by atoms with Crippen LogP contribution in [0.4, 0.5) is 13.2 Å². The fourth-order valence-electron chi connectivity index (χ4n) is 5.21. The minimum Gasteiger partial charge on any atom is -0.460 e. The number of rotatable bonds is 7. The van der Waals surface area contributed by atoms with Gasteiger partial charge >= 0.3 is 6.18 Å². The maximum absolute atomic E-state index is 12.9. The van der Waals surface area contributed by atoms with Crippen molar-refractivity contribution in [2.24, 2.45) is 13.0 Å². The van der Waals surface area contributed by atoms with Crippen LogP contribution in [-0.4, -0.2) is 57.5 Å². The lowest BCUT2D eigenvalue weighted by molar-refractivity contribution is -0.153. The zero-order valence-corrected chi connectivity index (χ0v) is 21.0. The van der Waals surface area contributed by atoms with Crippen LogP contribution < -0.4 is 10.1 Å². The van der Waals surface area contributed by atoms with E-state index in [0.29, 0.717) is 18.0 Å². The largest absolute Gasteiger partial charge is 0.460 e. The van der Waals surface area contributed by atoms with Gasteiger partial charge in [0.1, 0.15) is 0 Å². The summed E-state index contributed by atoms with van der Waals surface area (Å²) in [6.45, 7) is 1.19. The van der Waals surface area contributed by atoms with E-state index in [2.05, 4.69) is 20.3 Å². The number of alkyl halides is 3. The summed E-state index contributed by atoms with van der Waals surface area (Å²) in [5.41, 5.74) is 2.33. The molecule has 11 heteroatoms. The summed E-state index contributed by atoms with van der Waals surface area (Å²) in [5, 5.41) is 8.59. The Labute approximate surface area is 211 Å². The van der Waals surface area contributed by atoms with Gasteiger partial charge in [0.25, 0.3) is 11.1 Å². The number of aromatic nitrogens is 3. The van der Waals surface area contributed by atoms with Gasteiger partial charge in [-0.2, -0.15) is 18.3 Å². The summed E-state index contributed by atoms with van der Waals surface area (Å²) >= 11 is 1.23. The molecular formula is C25H30F3N5O2S. The third-order valence-corrected chi connectivity index (χ3v) is 8.16. The molecule has 0 spiro atoms. The fourth-order valence-corrected chi connectivity index (χ4v) is 6.11. The highest BCUT2D eigenvalue weighted by Crippen LogP contribution is 2.32. The molecule has 2 aromatic heterocycles. The standard InChI is InChI=1S/C25H30F3N5O2S/c1-32-13-19-18(3-2-4-20(19)31-32)23(34)29-17-7-5-16(6-8-17)9-11-33-12-10-22-21(14-33)30-24(36-22)35-15-25(26,27)28/h2-4,13,16-17H,5-12,14-15H2,1H3,(H,29,34). The lowest BCUT2D eigenvalue weighted by Gasteiger charge is -2.32. The molecule has 194 valence electrons. The van der Waals surface area contributed by atoms with Crippen molar-refractivity contribution in [3.05, 3.63) is 40.5 Å². The number of fused-ring (bicyclic) bond motifs is 2. The Morgan fingerprint density at radius 3 is 2.83 bits per heavy atom. The van der Waals surface area contributed by atoms with Crippen LogP contribution in [0, 0.1) is 5.92 Å². The second kappa shape index (κ2) is 10.4. The van der Waals surface area contributed by atoms with Crippen molar-refractivity contribution in [1.29, 1.82) is 0 Å². The van der Waals surface area contributed by atoms with E-state index in [1.165, 1.54) is 11.3 Å². The fraction of sp³-hybridized carbons (Fsp3) is 0.560. The molecule has 0 atom stereocenters. The summed E-state index contributed by atoms with van der Waals surface area (Å²) in [6, 6.07) is 5.81. The molecular weight excluding hydrogens is 491 g/mol. The maximum atomic E-state index is 12.9. The molecule has 3 heterocycles. The number of hydrogen-bond acceptors (Lipinski definition) is 6. The molecule has 0 radical (unpaired) electrons. The molecule has 5 rings (SSSR count). The van der Waals surface area contributed by atoms with Crippen LogP contribution in [0.3, 0.4) is 0 Å². The van der Waals surface area contributed by atoms with Crippen LogP contribution in [0.25, 0.3) is 10.9 Å². The van der Waals surface area contributed by atoms with Gasteiger partial charge in [0.05, 0.1) is 16.8 Å². The zero-order chi connectivity index (χ0) is 25.3. The number of hydrogen-bond donors (Lipinski definition) is 1. The maximum Gasteiger partial charge on any atom is 0.422 e. The Morgan fingerprint density at radius 2 is 2.06 bits per heavy atom. The number of ether oxygens (including phenoxy) is 1. The first-order chi connectivity index (χ1) is 17.2. The molecule has 1 aliphatic carbocycles. The molecule has 1 N–H and O–H groups in total. The minimum absolute atomic E-state index is 0.0389. The highest BCUT2D eigenvalue weighted by atomic mass is 32.1. The molecule has 1 saturated carbocycles. The predicted octanol–water partition coefficient (Wildman–Crippen LogP) is 4.71. The van der Waals surface area contributed by atoms with E-state index in [1.54, 1.807) is 4.68 Å². The van der Waals surface area contributed by atoms with Crippen molar-refractivity contribution in [1.82, 2.24) is 25.0 Å². The first-order valence-corrected chi connectivity index (χ1v) is 13.2. The quantitative estimate of drug-likeness (QED) is 0.488. The number of thiazole rings is 1. The van der Waals surface area contributed by atoms with E-state index in [1.807, 2.05) is 31.4 Å². The number of nitrogens with one attached hydrogen (secondary N) is 1. The smallest absolute Gasteiger partial charge is 0.422 e. The summed E-state index contributed by atoms with van der Waals surface area (Å²) in [5.74, 6) is 0.574. The second-order valence-electron chi connectivity index (χ2n) is 9.80. The second-order valence-corrected chi connectivity index (χ2v) is 10.8. The zero-order valence-electron chi connectivity index (χ0n) is 20.2. The van der Waals surface area contributed by atoms with Gasteiger partial charge in [-0.1, -0.05) is 17.4 Å². The minimum atomic E-state index is -4.35. The summed E-state index contributed by atoms with van der Waals surface area (Å²) in [6.07, 6.45) is 3.49. The lowest BCUT2D eigenvalue weighted by Crippen LogP contribution is -2.38. The van der Waals surface area contributed by atoms with Gasteiger partial charge in [-0.25, -0.2) is 4.98 Å². The lowest BCUT2D eigenvalue weighted by atomic mass is 9.84. The Balaban J connectivity index is 1.06. The van der Waals surface area contributed by atoms with Gasteiger partial charge in [0, 0.05) is 42.6 Å². The van der Waals surface area contributed by atoms with Crippen molar-refractivity contribution in [2.75, 3.05) is 19.7 Å². The van der Waals surface area contributed by atoms with E-state index in [4.69, 9.17) is 4.74 Å². The van der Waals surface area contributed by atoms with Gasteiger partial charge in [0.2, 0.25) is 0 Å². The van der Waals surface area contributed by atoms with Gasteiger partial charge < -0.3 is 10.1 Å². The Bertz CT molecular complexity index is 1220.